The number of oxime groups is 1. The summed E-state index contributed by atoms with van der Waals surface area (Å²) in [5, 5.41) is 22.6. The van der Waals surface area contributed by atoms with Gasteiger partial charge < -0.3 is 19.6 Å². The fraction of sp³-hybridized carbons (Fsp3) is 0.652. The summed E-state index contributed by atoms with van der Waals surface area (Å²) < 4.78 is 6.94. The summed E-state index contributed by atoms with van der Waals surface area (Å²) >= 11 is 0. The number of pyridine rings is 1. The van der Waals surface area contributed by atoms with Crippen molar-refractivity contribution in [1.29, 1.82) is 0 Å². The fourth-order valence-electron chi connectivity index (χ4n) is 4.13. The molecule has 0 spiro atoms. The Hall–Kier alpha value is -2.52. The Morgan fingerprint density at radius 3 is 2.97 bits per heavy atom. The largest absolute Gasteiger partial charge is 0.388 e. The summed E-state index contributed by atoms with van der Waals surface area (Å²) in [4.78, 5) is 13.0. The zero-order valence-electron chi connectivity index (χ0n) is 19.5. The van der Waals surface area contributed by atoms with Gasteiger partial charge in [-0.05, 0) is 58.6 Å². The lowest BCUT2D eigenvalue weighted by Crippen LogP contribution is -2.27. The van der Waals surface area contributed by atoms with Gasteiger partial charge in [0.1, 0.15) is 17.8 Å². The average Bonchev–Trinajstić information content (AvgIpc) is 3.38. The second-order valence-corrected chi connectivity index (χ2v) is 8.92. The van der Waals surface area contributed by atoms with Gasteiger partial charge in [-0.1, -0.05) is 10.4 Å². The Morgan fingerprint density at radius 1 is 1.34 bits per heavy atom. The second kappa shape index (κ2) is 9.95. The number of aliphatic hydroxyl groups is 1. The molecule has 4 rings (SSSR count). The Bertz CT molecular complexity index is 959. The summed E-state index contributed by atoms with van der Waals surface area (Å²) in [6, 6.07) is 2.08. The quantitative estimate of drug-likeness (QED) is 0.520. The van der Waals surface area contributed by atoms with E-state index in [0.717, 1.165) is 37.3 Å². The van der Waals surface area contributed by atoms with E-state index in [1.807, 2.05) is 13.8 Å². The van der Waals surface area contributed by atoms with Crippen LogP contribution in [0.2, 0.25) is 0 Å². The molecule has 0 saturated carbocycles. The number of aromatic nitrogens is 4. The number of ether oxygens (including phenoxy) is 1. The predicted octanol–water partition coefficient (Wildman–Crippen LogP) is 2.91. The van der Waals surface area contributed by atoms with Crippen molar-refractivity contribution in [3.63, 3.8) is 0 Å². The maximum Gasteiger partial charge on any atom is 0.169 e. The molecular formula is C23H34N6O3. The molecule has 32 heavy (non-hydrogen) atoms. The topological polar surface area (TPSA) is 97.9 Å². The van der Waals surface area contributed by atoms with Crippen molar-refractivity contribution < 1.29 is 14.7 Å². The van der Waals surface area contributed by atoms with E-state index in [1.54, 1.807) is 10.9 Å². The summed E-state index contributed by atoms with van der Waals surface area (Å²) in [7, 11) is 0. The van der Waals surface area contributed by atoms with Crippen LogP contribution in [-0.4, -0.2) is 63.2 Å². The third-order valence-electron chi connectivity index (χ3n) is 6.37. The lowest BCUT2D eigenvalue weighted by Gasteiger charge is -2.25. The molecule has 0 aliphatic carbocycles. The second-order valence-electron chi connectivity index (χ2n) is 8.92. The van der Waals surface area contributed by atoms with Crippen LogP contribution in [-0.2, 0) is 16.0 Å². The van der Waals surface area contributed by atoms with E-state index >= 15 is 0 Å². The van der Waals surface area contributed by atoms with Crippen molar-refractivity contribution in [2.24, 2.45) is 5.16 Å². The molecule has 2 aliphatic heterocycles. The lowest BCUT2D eigenvalue weighted by atomic mass is 10.1. The van der Waals surface area contributed by atoms with Crippen LogP contribution in [0.4, 0.5) is 5.69 Å². The Balaban J connectivity index is 1.34. The van der Waals surface area contributed by atoms with Gasteiger partial charge in [0.15, 0.2) is 6.10 Å². The summed E-state index contributed by atoms with van der Waals surface area (Å²) in [5.74, 6) is 0. The van der Waals surface area contributed by atoms with E-state index in [2.05, 4.69) is 40.3 Å². The molecule has 2 aromatic heterocycles. The molecule has 0 radical (unpaired) electrons. The smallest absolute Gasteiger partial charge is 0.169 e. The van der Waals surface area contributed by atoms with Crippen LogP contribution in [0.1, 0.15) is 67.9 Å². The van der Waals surface area contributed by atoms with Crippen LogP contribution in [0.25, 0.3) is 0 Å². The molecule has 9 heteroatoms. The van der Waals surface area contributed by atoms with Crippen molar-refractivity contribution in [1.82, 2.24) is 20.0 Å². The highest BCUT2D eigenvalue weighted by Gasteiger charge is 2.29. The van der Waals surface area contributed by atoms with E-state index < -0.39 is 6.10 Å². The molecule has 2 aliphatic rings. The van der Waals surface area contributed by atoms with Crippen molar-refractivity contribution in [3.05, 3.63) is 34.9 Å². The number of hydrogen-bond acceptors (Lipinski definition) is 8. The lowest BCUT2D eigenvalue weighted by molar-refractivity contribution is 0.0685. The first-order valence-corrected chi connectivity index (χ1v) is 11.5. The molecule has 3 atom stereocenters. The van der Waals surface area contributed by atoms with E-state index in [4.69, 9.17) is 14.6 Å². The molecule has 1 N–H and O–H groups in total. The number of hydrogen-bond donors (Lipinski definition) is 1. The number of aliphatic hydroxyl groups excluding tert-OH is 1. The minimum absolute atomic E-state index is 0.202. The average molecular weight is 443 g/mol. The summed E-state index contributed by atoms with van der Waals surface area (Å²) in [6.07, 6.45) is 5.12. The zero-order valence-corrected chi connectivity index (χ0v) is 19.5. The minimum atomic E-state index is -0.562. The summed E-state index contributed by atoms with van der Waals surface area (Å²) in [5.41, 5.74) is 6.46. The summed E-state index contributed by atoms with van der Waals surface area (Å²) in [6.45, 7) is 10.8. The van der Waals surface area contributed by atoms with Crippen molar-refractivity contribution >= 4 is 11.4 Å². The number of nitrogens with zero attached hydrogens (tertiary/aromatic N) is 6. The van der Waals surface area contributed by atoms with E-state index in [0.29, 0.717) is 18.9 Å². The highest BCUT2D eigenvalue weighted by atomic mass is 16.6. The highest BCUT2D eigenvalue weighted by Crippen LogP contribution is 2.27. The third kappa shape index (κ3) is 5.10. The van der Waals surface area contributed by atoms with Gasteiger partial charge in [0.25, 0.3) is 0 Å². The zero-order chi connectivity index (χ0) is 22.7. The van der Waals surface area contributed by atoms with Crippen LogP contribution in [0.15, 0.2) is 17.4 Å². The first-order valence-electron chi connectivity index (χ1n) is 11.5. The van der Waals surface area contributed by atoms with Gasteiger partial charge >= 0.3 is 0 Å². The van der Waals surface area contributed by atoms with Crippen LogP contribution >= 0.6 is 0 Å². The van der Waals surface area contributed by atoms with Gasteiger partial charge in [-0.3, -0.25) is 4.98 Å². The Labute approximate surface area is 189 Å². The van der Waals surface area contributed by atoms with Gasteiger partial charge in [0.05, 0.1) is 36.5 Å². The van der Waals surface area contributed by atoms with E-state index in [1.165, 1.54) is 29.8 Å². The monoisotopic (exact) mass is 442 g/mol. The predicted molar refractivity (Wildman–Crippen MR) is 122 cm³/mol. The molecule has 0 aromatic carbocycles. The first kappa shape index (κ1) is 22.7. The third-order valence-corrected chi connectivity index (χ3v) is 6.37. The molecule has 0 bridgehead atoms. The molecule has 3 unspecified atom stereocenters. The van der Waals surface area contributed by atoms with Crippen molar-refractivity contribution in [2.45, 2.75) is 71.6 Å². The molecule has 1 saturated heterocycles. The van der Waals surface area contributed by atoms with Gasteiger partial charge in [0.2, 0.25) is 0 Å². The highest BCUT2D eigenvalue weighted by molar-refractivity contribution is 5.81. The SMILES string of the molecule is CC(CCN1CCCCc2nc(C)c(C)cc21)=NOC(C)c1cn(C2COCC2O)nn1. The van der Waals surface area contributed by atoms with Crippen LogP contribution in [0.5, 0.6) is 0 Å². The van der Waals surface area contributed by atoms with Crippen LogP contribution < -0.4 is 4.90 Å². The number of fused-ring (bicyclic) bond motifs is 1. The molecule has 1 fully saturated rings. The standard InChI is InChI=1S/C23H34N6O3/c1-15-11-21-19(24-17(15)3)7-5-6-9-28(21)10-8-16(2)26-32-18(4)20-12-29(27-25-20)22-13-31-14-23(22)30/h11-12,18,22-23,30H,5-10,13-14H2,1-4H3. The van der Waals surface area contributed by atoms with Crippen LogP contribution in [0, 0.1) is 13.8 Å². The normalized spacial score (nSPS) is 22.5. The molecular weight excluding hydrogens is 408 g/mol. The first-order chi connectivity index (χ1) is 15.4. The van der Waals surface area contributed by atoms with Gasteiger partial charge in [-0.25, -0.2) is 4.68 Å². The molecule has 4 heterocycles. The number of aryl methyl sites for hydroxylation is 3. The van der Waals surface area contributed by atoms with Gasteiger partial charge in [-0.15, -0.1) is 5.10 Å². The molecule has 9 nitrogen and oxygen atoms in total. The molecule has 0 amide bonds. The number of rotatable bonds is 7. The maximum atomic E-state index is 9.97. The fourth-order valence-corrected chi connectivity index (χ4v) is 4.13. The van der Waals surface area contributed by atoms with Gasteiger partial charge in [0, 0.05) is 25.2 Å². The van der Waals surface area contributed by atoms with E-state index in [-0.39, 0.29) is 12.1 Å². The number of anilines is 1. The van der Waals surface area contributed by atoms with Gasteiger partial charge in [-0.2, -0.15) is 0 Å². The van der Waals surface area contributed by atoms with Crippen LogP contribution in [0.3, 0.4) is 0 Å². The van der Waals surface area contributed by atoms with Crippen molar-refractivity contribution in [2.75, 3.05) is 31.2 Å². The molecule has 174 valence electrons. The van der Waals surface area contributed by atoms with Crippen molar-refractivity contribution in [3.8, 4) is 0 Å². The Morgan fingerprint density at radius 2 is 2.19 bits per heavy atom. The Kier molecular flexibility index (Phi) is 7.05. The molecule has 2 aromatic rings. The minimum Gasteiger partial charge on any atom is -0.388 e. The maximum absolute atomic E-state index is 9.97. The van der Waals surface area contributed by atoms with E-state index in [9.17, 15) is 5.11 Å².